The van der Waals surface area contributed by atoms with Gasteiger partial charge in [0.15, 0.2) is 0 Å². The largest absolute Gasteiger partial charge is 0.465 e. The highest BCUT2D eigenvalue weighted by Gasteiger charge is 2.38. The van der Waals surface area contributed by atoms with Crippen molar-refractivity contribution in [1.82, 2.24) is 0 Å². The smallest absolute Gasteiger partial charge is 0.309 e. The summed E-state index contributed by atoms with van der Waals surface area (Å²) in [5.41, 5.74) is 0. The van der Waals surface area contributed by atoms with Gasteiger partial charge in [-0.1, -0.05) is 46.0 Å². The molecule has 0 saturated heterocycles. The van der Waals surface area contributed by atoms with Gasteiger partial charge in [-0.15, -0.1) is 0 Å². The van der Waals surface area contributed by atoms with Gasteiger partial charge in [0, 0.05) is 0 Å². The number of hydrogen-bond donors (Lipinski definition) is 0. The molecule has 2 rings (SSSR count). The number of carbonyl (C=O) groups is 2. The van der Waals surface area contributed by atoms with Crippen molar-refractivity contribution in [2.75, 3.05) is 13.2 Å². The summed E-state index contributed by atoms with van der Waals surface area (Å²) < 4.78 is 11.1. The Morgan fingerprint density at radius 3 is 2.00 bits per heavy atom. The predicted octanol–water partition coefficient (Wildman–Crippen LogP) is 4.90. The second-order valence-electron chi connectivity index (χ2n) is 8.34. The zero-order valence-corrected chi connectivity index (χ0v) is 16.1. The van der Waals surface area contributed by atoms with Crippen molar-refractivity contribution >= 4 is 11.9 Å². The summed E-state index contributed by atoms with van der Waals surface area (Å²) in [5, 5.41) is 0. The minimum Gasteiger partial charge on any atom is -0.465 e. The SMILES string of the molecule is CC(C)CCCOC(=O)C1CCCCC1C(=O)OCC1CCCCC1. The minimum absolute atomic E-state index is 0.172. The van der Waals surface area contributed by atoms with Crippen LogP contribution in [0.1, 0.15) is 84.5 Å². The van der Waals surface area contributed by atoms with Crippen molar-refractivity contribution in [3.8, 4) is 0 Å². The molecule has 4 heteroatoms. The fraction of sp³-hybridized carbons (Fsp3) is 0.905. The molecule has 0 aromatic carbocycles. The third kappa shape index (κ3) is 6.99. The highest BCUT2D eigenvalue weighted by Crippen LogP contribution is 2.33. The van der Waals surface area contributed by atoms with Crippen LogP contribution in [0, 0.1) is 23.7 Å². The molecule has 2 saturated carbocycles. The minimum atomic E-state index is -0.299. The van der Waals surface area contributed by atoms with Crippen LogP contribution >= 0.6 is 0 Å². The van der Waals surface area contributed by atoms with Crippen LogP contribution in [0.25, 0.3) is 0 Å². The first-order valence-electron chi connectivity index (χ1n) is 10.4. The fourth-order valence-electron chi connectivity index (χ4n) is 4.13. The molecule has 0 spiro atoms. The lowest BCUT2D eigenvalue weighted by Crippen LogP contribution is -2.35. The van der Waals surface area contributed by atoms with E-state index in [1.807, 2.05) is 0 Å². The van der Waals surface area contributed by atoms with Crippen LogP contribution in [-0.4, -0.2) is 25.2 Å². The summed E-state index contributed by atoms with van der Waals surface area (Å²) >= 11 is 0. The van der Waals surface area contributed by atoms with Crippen molar-refractivity contribution < 1.29 is 19.1 Å². The number of rotatable bonds is 8. The molecule has 0 amide bonds. The topological polar surface area (TPSA) is 52.6 Å². The first-order valence-corrected chi connectivity index (χ1v) is 10.4. The number of esters is 2. The van der Waals surface area contributed by atoms with E-state index >= 15 is 0 Å². The third-order valence-corrected chi connectivity index (χ3v) is 5.73. The van der Waals surface area contributed by atoms with Crippen molar-refractivity contribution in [1.29, 1.82) is 0 Å². The molecule has 25 heavy (non-hydrogen) atoms. The Hall–Kier alpha value is -1.06. The van der Waals surface area contributed by atoms with Gasteiger partial charge in [-0.25, -0.2) is 0 Å². The van der Waals surface area contributed by atoms with Gasteiger partial charge in [0.1, 0.15) is 0 Å². The Bertz CT molecular complexity index is 412. The van der Waals surface area contributed by atoms with Gasteiger partial charge in [-0.05, 0) is 50.4 Å². The van der Waals surface area contributed by atoms with Gasteiger partial charge < -0.3 is 9.47 Å². The first-order chi connectivity index (χ1) is 12.1. The molecule has 2 aliphatic rings. The Morgan fingerprint density at radius 2 is 1.40 bits per heavy atom. The van der Waals surface area contributed by atoms with Gasteiger partial charge >= 0.3 is 11.9 Å². The molecule has 2 atom stereocenters. The molecule has 0 radical (unpaired) electrons. The first kappa shape index (κ1) is 20.3. The summed E-state index contributed by atoms with van der Waals surface area (Å²) in [6.07, 6.45) is 11.6. The summed E-state index contributed by atoms with van der Waals surface area (Å²) in [6.45, 7) is 5.34. The van der Waals surface area contributed by atoms with Crippen molar-refractivity contribution in [2.45, 2.75) is 84.5 Å². The molecule has 0 aliphatic heterocycles. The molecular formula is C21H36O4. The van der Waals surface area contributed by atoms with E-state index < -0.39 is 0 Å². The highest BCUT2D eigenvalue weighted by molar-refractivity contribution is 5.82. The average Bonchev–Trinajstić information content (AvgIpc) is 2.63. The van der Waals surface area contributed by atoms with Crippen LogP contribution in [0.2, 0.25) is 0 Å². The lowest BCUT2D eigenvalue weighted by atomic mass is 9.79. The molecule has 144 valence electrons. The molecule has 0 bridgehead atoms. The van der Waals surface area contributed by atoms with E-state index in [9.17, 15) is 9.59 Å². The lowest BCUT2D eigenvalue weighted by Gasteiger charge is -2.29. The molecule has 0 aromatic heterocycles. The van der Waals surface area contributed by atoms with Crippen LogP contribution in [-0.2, 0) is 19.1 Å². The number of hydrogen-bond acceptors (Lipinski definition) is 4. The monoisotopic (exact) mass is 352 g/mol. The van der Waals surface area contributed by atoms with Crippen LogP contribution in [0.15, 0.2) is 0 Å². The van der Waals surface area contributed by atoms with Gasteiger partial charge in [0.2, 0.25) is 0 Å². The molecular weight excluding hydrogens is 316 g/mol. The normalized spacial score (nSPS) is 24.9. The quantitative estimate of drug-likeness (QED) is 0.461. The number of ether oxygens (including phenoxy) is 2. The second kappa shape index (κ2) is 10.8. The van der Waals surface area contributed by atoms with E-state index in [1.165, 1.54) is 32.1 Å². The molecule has 2 unspecified atom stereocenters. The van der Waals surface area contributed by atoms with Gasteiger partial charge in [-0.2, -0.15) is 0 Å². The maximum atomic E-state index is 12.5. The van der Waals surface area contributed by atoms with Crippen LogP contribution in [0.3, 0.4) is 0 Å². The fourth-order valence-corrected chi connectivity index (χ4v) is 4.13. The molecule has 0 N–H and O–H groups in total. The Kier molecular flexibility index (Phi) is 8.77. The molecule has 0 heterocycles. The van der Waals surface area contributed by atoms with Crippen molar-refractivity contribution in [3.05, 3.63) is 0 Å². The van der Waals surface area contributed by atoms with E-state index in [0.717, 1.165) is 38.5 Å². The molecule has 2 aliphatic carbocycles. The standard InChI is InChI=1S/C21H36O4/c1-16(2)9-8-14-24-20(22)18-12-6-7-13-19(18)21(23)25-15-17-10-4-3-5-11-17/h16-19H,3-15H2,1-2H3. The van der Waals surface area contributed by atoms with E-state index in [1.54, 1.807) is 0 Å². The maximum Gasteiger partial charge on any atom is 0.309 e. The zero-order valence-electron chi connectivity index (χ0n) is 16.1. The zero-order chi connectivity index (χ0) is 18.1. The third-order valence-electron chi connectivity index (χ3n) is 5.73. The molecule has 4 nitrogen and oxygen atoms in total. The van der Waals surface area contributed by atoms with Crippen LogP contribution in [0.4, 0.5) is 0 Å². The van der Waals surface area contributed by atoms with Crippen LogP contribution < -0.4 is 0 Å². The van der Waals surface area contributed by atoms with E-state index in [0.29, 0.717) is 25.0 Å². The maximum absolute atomic E-state index is 12.5. The van der Waals surface area contributed by atoms with Gasteiger partial charge in [-0.3, -0.25) is 9.59 Å². The average molecular weight is 353 g/mol. The highest BCUT2D eigenvalue weighted by atomic mass is 16.5. The Balaban J connectivity index is 1.77. The summed E-state index contributed by atoms with van der Waals surface area (Å²) in [6, 6.07) is 0. The van der Waals surface area contributed by atoms with Gasteiger partial charge in [0.05, 0.1) is 25.0 Å². The Morgan fingerprint density at radius 1 is 0.840 bits per heavy atom. The summed E-state index contributed by atoms with van der Waals surface area (Å²) in [4.78, 5) is 25.0. The van der Waals surface area contributed by atoms with Crippen molar-refractivity contribution in [3.63, 3.8) is 0 Å². The summed E-state index contributed by atoms with van der Waals surface area (Å²) in [5.74, 6) is 0.178. The second-order valence-corrected chi connectivity index (χ2v) is 8.34. The predicted molar refractivity (Wildman–Crippen MR) is 98.0 cm³/mol. The van der Waals surface area contributed by atoms with Crippen LogP contribution in [0.5, 0.6) is 0 Å². The summed E-state index contributed by atoms with van der Waals surface area (Å²) in [7, 11) is 0. The molecule has 2 fully saturated rings. The van der Waals surface area contributed by atoms with Gasteiger partial charge in [0.25, 0.3) is 0 Å². The van der Waals surface area contributed by atoms with Crippen molar-refractivity contribution in [2.24, 2.45) is 23.7 Å². The molecule has 0 aromatic rings. The van der Waals surface area contributed by atoms with E-state index in [2.05, 4.69) is 13.8 Å². The number of carbonyl (C=O) groups excluding carboxylic acids is 2. The van der Waals surface area contributed by atoms with E-state index in [-0.39, 0.29) is 23.8 Å². The van der Waals surface area contributed by atoms with E-state index in [4.69, 9.17) is 9.47 Å². The Labute approximate surface area is 153 Å². The lowest BCUT2D eigenvalue weighted by molar-refractivity contribution is -0.163.